The lowest BCUT2D eigenvalue weighted by Gasteiger charge is -2.16. The molecule has 2 N–H and O–H groups in total. The zero-order valence-electron chi connectivity index (χ0n) is 19.1. The molecular weight excluding hydrogens is 514 g/mol. The van der Waals surface area contributed by atoms with E-state index in [2.05, 4.69) is 15.6 Å². The summed E-state index contributed by atoms with van der Waals surface area (Å²) in [5.41, 5.74) is 1.49. The van der Waals surface area contributed by atoms with Crippen LogP contribution < -0.4 is 15.4 Å². The number of hydrogen-bond acceptors (Lipinski definition) is 4. The SMILES string of the molecule is Cc1cc(Nc2cccc(C(F)(F)F)c2)nc2ccc(NC(=O)C(C)Oc3ccc(Cl)cc3Cl)cc12. The molecule has 0 aliphatic carbocycles. The Labute approximate surface area is 215 Å². The van der Waals surface area contributed by atoms with E-state index >= 15 is 0 Å². The van der Waals surface area contributed by atoms with Crippen molar-refractivity contribution >= 4 is 57.2 Å². The lowest BCUT2D eigenvalue weighted by molar-refractivity contribution is -0.137. The number of aromatic nitrogens is 1. The van der Waals surface area contributed by atoms with Gasteiger partial charge in [-0.1, -0.05) is 29.3 Å². The van der Waals surface area contributed by atoms with Crippen molar-refractivity contribution in [3.63, 3.8) is 0 Å². The average molecular weight is 534 g/mol. The Kier molecular flexibility index (Phi) is 7.28. The number of nitrogens with one attached hydrogen (secondary N) is 2. The summed E-state index contributed by atoms with van der Waals surface area (Å²) in [4.78, 5) is 17.2. The Morgan fingerprint density at radius 1 is 1.00 bits per heavy atom. The summed E-state index contributed by atoms with van der Waals surface area (Å²) in [6.07, 6.45) is -5.27. The molecule has 1 atom stereocenters. The maximum Gasteiger partial charge on any atom is 0.416 e. The van der Waals surface area contributed by atoms with Gasteiger partial charge >= 0.3 is 6.18 Å². The predicted molar refractivity (Wildman–Crippen MR) is 136 cm³/mol. The van der Waals surface area contributed by atoms with E-state index in [9.17, 15) is 18.0 Å². The molecule has 0 fully saturated rings. The standard InChI is InChI=1S/C26H20Cl2F3N3O2/c1-14-10-24(32-18-5-3-4-16(11-18)26(29,30)31)34-22-8-7-19(13-20(14)22)33-25(35)15(2)36-23-9-6-17(27)12-21(23)28/h3-13,15H,1-2H3,(H,32,34)(H,33,35). The molecule has 1 heterocycles. The molecule has 0 aliphatic rings. The molecule has 1 unspecified atom stereocenters. The highest BCUT2D eigenvalue weighted by Gasteiger charge is 2.30. The summed E-state index contributed by atoms with van der Waals surface area (Å²) < 4.78 is 44.7. The largest absolute Gasteiger partial charge is 0.479 e. The summed E-state index contributed by atoms with van der Waals surface area (Å²) in [7, 11) is 0. The molecule has 0 saturated heterocycles. The van der Waals surface area contributed by atoms with Gasteiger partial charge in [-0.05, 0) is 80.1 Å². The van der Waals surface area contributed by atoms with Crippen LogP contribution in [0.5, 0.6) is 5.75 Å². The highest BCUT2D eigenvalue weighted by molar-refractivity contribution is 6.35. The molecule has 0 radical (unpaired) electrons. The first-order chi connectivity index (χ1) is 17.0. The normalized spacial score (nSPS) is 12.3. The summed E-state index contributed by atoms with van der Waals surface area (Å²) in [6.45, 7) is 3.45. The highest BCUT2D eigenvalue weighted by Crippen LogP contribution is 2.32. The first kappa shape index (κ1) is 25.6. The monoisotopic (exact) mass is 533 g/mol. The zero-order chi connectivity index (χ0) is 26.0. The van der Waals surface area contributed by atoms with Gasteiger partial charge in [-0.3, -0.25) is 4.79 Å². The Morgan fingerprint density at radius 2 is 1.78 bits per heavy atom. The van der Waals surface area contributed by atoms with E-state index in [1.165, 1.54) is 18.2 Å². The van der Waals surface area contributed by atoms with Crippen molar-refractivity contribution in [1.82, 2.24) is 4.98 Å². The maximum atomic E-state index is 13.0. The quantitative estimate of drug-likeness (QED) is 0.263. The zero-order valence-corrected chi connectivity index (χ0v) is 20.6. The summed E-state index contributed by atoms with van der Waals surface area (Å²) >= 11 is 12.0. The number of amides is 1. The topological polar surface area (TPSA) is 63.2 Å². The van der Waals surface area contributed by atoms with Gasteiger partial charge in [-0.25, -0.2) is 4.98 Å². The Hall–Kier alpha value is -3.49. The van der Waals surface area contributed by atoms with Crippen LogP contribution in [-0.2, 0) is 11.0 Å². The predicted octanol–water partition coefficient (Wildman–Crippen LogP) is 8.02. The van der Waals surface area contributed by atoms with E-state index in [1.54, 1.807) is 43.3 Å². The minimum absolute atomic E-state index is 0.273. The van der Waals surface area contributed by atoms with Gasteiger partial charge in [0.15, 0.2) is 6.10 Å². The molecule has 4 rings (SSSR count). The van der Waals surface area contributed by atoms with Crippen LogP contribution in [0.4, 0.5) is 30.4 Å². The molecule has 0 aliphatic heterocycles. The second-order valence-corrected chi connectivity index (χ2v) is 8.93. The van der Waals surface area contributed by atoms with Crippen LogP contribution >= 0.6 is 23.2 Å². The summed E-state index contributed by atoms with van der Waals surface area (Å²) in [5.74, 6) is 0.356. The number of benzene rings is 3. The molecule has 1 amide bonds. The molecule has 186 valence electrons. The fraction of sp³-hybridized carbons (Fsp3) is 0.154. The number of pyridine rings is 1. The number of fused-ring (bicyclic) bond motifs is 1. The fourth-order valence-electron chi connectivity index (χ4n) is 3.52. The molecule has 10 heteroatoms. The van der Waals surface area contributed by atoms with Crippen molar-refractivity contribution in [3.05, 3.63) is 87.9 Å². The smallest absolute Gasteiger partial charge is 0.416 e. The highest BCUT2D eigenvalue weighted by atomic mass is 35.5. The van der Waals surface area contributed by atoms with Gasteiger partial charge in [-0.15, -0.1) is 0 Å². The van der Waals surface area contributed by atoms with Gasteiger partial charge in [0.25, 0.3) is 5.91 Å². The van der Waals surface area contributed by atoms with Crippen molar-refractivity contribution in [2.45, 2.75) is 26.1 Å². The minimum Gasteiger partial charge on any atom is -0.479 e. The molecule has 4 aromatic rings. The van der Waals surface area contributed by atoms with E-state index in [1.807, 2.05) is 6.92 Å². The number of rotatable bonds is 6. The van der Waals surface area contributed by atoms with Gasteiger partial charge in [-0.2, -0.15) is 13.2 Å². The van der Waals surface area contributed by atoms with E-state index < -0.39 is 17.8 Å². The number of anilines is 3. The van der Waals surface area contributed by atoms with E-state index in [0.717, 1.165) is 23.1 Å². The number of hydrogen-bond donors (Lipinski definition) is 2. The number of ether oxygens (including phenoxy) is 1. The van der Waals surface area contributed by atoms with Crippen LogP contribution in [0.1, 0.15) is 18.1 Å². The molecule has 3 aromatic carbocycles. The third-order valence-electron chi connectivity index (χ3n) is 5.31. The number of nitrogens with zero attached hydrogens (tertiary/aromatic N) is 1. The first-order valence-electron chi connectivity index (χ1n) is 10.8. The van der Waals surface area contributed by atoms with Crippen molar-refractivity contribution in [3.8, 4) is 5.75 Å². The van der Waals surface area contributed by atoms with Crippen LogP contribution in [-0.4, -0.2) is 17.0 Å². The number of aryl methyl sites for hydroxylation is 1. The molecule has 1 aromatic heterocycles. The van der Waals surface area contributed by atoms with Gasteiger partial charge in [0.1, 0.15) is 11.6 Å². The second-order valence-electron chi connectivity index (χ2n) is 8.08. The molecule has 0 bridgehead atoms. The molecular formula is C26H20Cl2F3N3O2. The Morgan fingerprint density at radius 3 is 2.50 bits per heavy atom. The molecule has 5 nitrogen and oxygen atoms in total. The Balaban J connectivity index is 1.49. The average Bonchev–Trinajstić information content (AvgIpc) is 2.81. The van der Waals surface area contributed by atoms with Crippen molar-refractivity contribution in [2.24, 2.45) is 0 Å². The number of carbonyl (C=O) groups is 1. The van der Waals surface area contributed by atoms with Gasteiger partial charge in [0.05, 0.1) is 16.1 Å². The van der Waals surface area contributed by atoms with Gasteiger partial charge in [0, 0.05) is 21.8 Å². The van der Waals surface area contributed by atoms with Crippen LogP contribution in [0.3, 0.4) is 0 Å². The summed E-state index contributed by atoms with van der Waals surface area (Å²) in [6, 6.07) is 16.5. The maximum absolute atomic E-state index is 13.0. The van der Waals surface area contributed by atoms with Crippen LogP contribution in [0, 0.1) is 6.92 Å². The lowest BCUT2D eigenvalue weighted by Crippen LogP contribution is -2.30. The third kappa shape index (κ3) is 6.01. The molecule has 0 saturated carbocycles. The second kappa shape index (κ2) is 10.2. The molecule has 0 spiro atoms. The Bertz CT molecular complexity index is 1440. The van der Waals surface area contributed by atoms with Crippen LogP contribution in [0.25, 0.3) is 10.9 Å². The van der Waals surface area contributed by atoms with E-state index in [4.69, 9.17) is 27.9 Å². The van der Waals surface area contributed by atoms with Crippen LogP contribution in [0.15, 0.2) is 66.7 Å². The fourth-order valence-corrected chi connectivity index (χ4v) is 3.97. The molecule has 36 heavy (non-hydrogen) atoms. The van der Waals surface area contributed by atoms with Gasteiger partial charge < -0.3 is 15.4 Å². The number of alkyl halides is 3. The lowest BCUT2D eigenvalue weighted by atomic mass is 10.1. The number of halogens is 5. The number of carbonyl (C=O) groups excluding carboxylic acids is 1. The van der Waals surface area contributed by atoms with E-state index in [0.29, 0.717) is 32.8 Å². The van der Waals surface area contributed by atoms with Crippen molar-refractivity contribution in [2.75, 3.05) is 10.6 Å². The van der Waals surface area contributed by atoms with Crippen LogP contribution in [0.2, 0.25) is 10.0 Å². The van der Waals surface area contributed by atoms with Gasteiger partial charge in [0.2, 0.25) is 0 Å². The third-order valence-corrected chi connectivity index (χ3v) is 5.84. The van der Waals surface area contributed by atoms with E-state index in [-0.39, 0.29) is 11.6 Å². The minimum atomic E-state index is -4.44. The van der Waals surface area contributed by atoms with Crippen molar-refractivity contribution < 1.29 is 22.7 Å². The summed E-state index contributed by atoms with van der Waals surface area (Å²) in [5, 5.41) is 7.26. The first-order valence-corrected chi connectivity index (χ1v) is 11.5. The van der Waals surface area contributed by atoms with Crippen molar-refractivity contribution in [1.29, 1.82) is 0 Å².